The lowest BCUT2D eigenvalue weighted by atomic mass is 10.00. The van der Waals surface area contributed by atoms with Gasteiger partial charge in [-0.25, -0.2) is 0 Å². The van der Waals surface area contributed by atoms with Crippen molar-refractivity contribution in [2.24, 2.45) is 0 Å². The van der Waals surface area contributed by atoms with Gasteiger partial charge in [0.15, 0.2) is 0 Å². The minimum absolute atomic E-state index is 0.662. The second-order valence-corrected chi connectivity index (χ2v) is 5.98. The Balaban J connectivity index is 1.93. The molecule has 1 saturated heterocycles. The zero-order valence-corrected chi connectivity index (χ0v) is 12.9. The zero-order valence-electron chi connectivity index (χ0n) is 12.9. The van der Waals surface area contributed by atoms with E-state index in [0.717, 1.165) is 6.54 Å². The number of aryl methyl sites for hydroxylation is 3. The molecular weight excluding hydrogens is 232 g/mol. The Morgan fingerprint density at radius 1 is 1.16 bits per heavy atom. The van der Waals surface area contributed by atoms with Crippen molar-refractivity contribution < 1.29 is 0 Å². The molecule has 0 aliphatic carbocycles. The highest BCUT2D eigenvalue weighted by Gasteiger charge is 2.18. The Morgan fingerprint density at radius 2 is 1.89 bits per heavy atom. The topological polar surface area (TPSA) is 15.3 Å². The van der Waals surface area contributed by atoms with Crippen molar-refractivity contribution in [2.45, 2.75) is 53.1 Å². The van der Waals surface area contributed by atoms with Gasteiger partial charge in [0.1, 0.15) is 0 Å². The third-order valence-corrected chi connectivity index (χ3v) is 4.49. The van der Waals surface area contributed by atoms with Crippen LogP contribution in [-0.2, 0) is 6.54 Å². The van der Waals surface area contributed by atoms with E-state index in [2.05, 4.69) is 50.0 Å². The van der Waals surface area contributed by atoms with Crippen LogP contribution in [0, 0.1) is 20.8 Å². The average molecular weight is 260 g/mol. The molecular formula is C17H28N2. The van der Waals surface area contributed by atoms with Gasteiger partial charge in [0.05, 0.1) is 0 Å². The van der Waals surface area contributed by atoms with Crippen LogP contribution in [0.25, 0.3) is 0 Å². The summed E-state index contributed by atoms with van der Waals surface area (Å²) in [5.41, 5.74) is 5.67. The first-order valence-corrected chi connectivity index (χ1v) is 7.62. The smallest absolute Gasteiger partial charge is 0.0211 e. The normalized spacial score (nSPS) is 20.7. The van der Waals surface area contributed by atoms with Gasteiger partial charge >= 0.3 is 0 Å². The van der Waals surface area contributed by atoms with E-state index in [0.29, 0.717) is 6.04 Å². The highest BCUT2D eigenvalue weighted by atomic mass is 15.2. The molecule has 106 valence electrons. The van der Waals surface area contributed by atoms with Crippen LogP contribution in [0.1, 0.15) is 42.0 Å². The Bertz CT molecular complexity index is 426. The van der Waals surface area contributed by atoms with E-state index >= 15 is 0 Å². The van der Waals surface area contributed by atoms with E-state index in [-0.39, 0.29) is 0 Å². The fourth-order valence-electron chi connectivity index (χ4n) is 2.97. The zero-order chi connectivity index (χ0) is 13.8. The van der Waals surface area contributed by atoms with Crippen molar-refractivity contribution in [2.75, 3.05) is 19.6 Å². The maximum Gasteiger partial charge on any atom is 0.0211 e. The summed E-state index contributed by atoms with van der Waals surface area (Å²) < 4.78 is 0. The van der Waals surface area contributed by atoms with Gasteiger partial charge in [-0.05, 0) is 69.0 Å². The molecule has 2 nitrogen and oxygen atoms in total. The number of likely N-dealkylation sites (N-methyl/N-ethyl adjacent to an activating group) is 1. The van der Waals surface area contributed by atoms with E-state index in [1.165, 1.54) is 54.7 Å². The fourth-order valence-corrected chi connectivity index (χ4v) is 2.97. The number of piperidine rings is 1. The lowest BCUT2D eigenvalue weighted by Gasteiger charge is -2.32. The second-order valence-electron chi connectivity index (χ2n) is 5.98. The number of hydrogen-bond donors (Lipinski definition) is 1. The van der Waals surface area contributed by atoms with Gasteiger partial charge < -0.3 is 10.2 Å². The Morgan fingerprint density at radius 3 is 2.63 bits per heavy atom. The van der Waals surface area contributed by atoms with Gasteiger partial charge in [-0.3, -0.25) is 0 Å². The van der Waals surface area contributed by atoms with E-state index in [1.54, 1.807) is 0 Å². The number of nitrogens with one attached hydrogen (secondary N) is 1. The molecule has 0 spiro atoms. The van der Waals surface area contributed by atoms with Crippen molar-refractivity contribution in [1.29, 1.82) is 0 Å². The van der Waals surface area contributed by atoms with E-state index in [4.69, 9.17) is 0 Å². The molecule has 1 heterocycles. The van der Waals surface area contributed by atoms with Crippen LogP contribution in [0.2, 0.25) is 0 Å². The lowest BCUT2D eigenvalue weighted by molar-refractivity contribution is 0.198. The molecule has 0 radical (unpaired) electrons. The van der Waals surface area contributed by atoms with Crippen molar-refractivity contribution in [3.8, 4) is 0 Å². The largest absolute Gasteiger partial charge is 0.309 e. The van der Waals surface area contributed by atoms with Crippen molar-refractivity contribution in [1.82, 2.24) is 10.2 Å². The molecule has 1 aliphatic rings. The summed E-state index contributed by atoms with van der Waals surface area (Å²) in [4.78, 5) is 2.55. The van der Waals surface area contributed by atoms with E-state index in [1.807, 2.05) is 0 Å². The number of hydrogen-bond acceptors (Lipinski definition) is 2. The Hall–Kier alpha value is -0.860. The van der Waals surface area contributed by atoms with Crippen LogP contribution in [-0.4, -0.2) is 30.6 Å². The molecule has 0 saturated carbocycles. The molecule has 1 aromatic carbocycles. The van der Waals surface area contributed by atoms with Crippen molar-refractivity contribution >= 4 is 0 Å². The molecule has 2 rings (SSSR count). The molecule has 1 aromatic rings. The first-order chi connectivity index (χ1) is 9.10. The molecule has 0 amide bonds. The van der Waals surface area contributed by atoms with Crippen LogP contribution < -0.4 is 5.32 Å². The van der Waals surface area contributed by atoms with Crippen LogP contribution in [0.4, 0.5) is 0 Å². The van der Waals surface area contributed by atoms with Crippen LogP contribution in [0.15, 0.2) is 12.1 Å². The van der Waals surface area contributed by atoms with Crippen molar-refractivity contribution in [3.05, 3.63) is 34.4 Å². The number of nitrogens with zero attached hydrogens (tertiary/aromatic N) is 1. The number of likely N-dealkylation sites (tertiary alicyclic amines) is 1. The van der Waals surface area contributed by atoms with Gasteiger partial charge in [-0.15, -0.1) is 0 Å². The molecule has 19 heavy (non-hydrogen) atoms. The molecule has 1 fully saturated rings. The Labute approximate surface area is 118 Å². The third-order valence-electron chi connectivity index (χ3n) is 4.49. The Kier molecular flexibility index (Phi) is 5.00. The number of benzene rings is 1. The molecule has 1 aliphatic heterocycles. The van der Waals surface area contributed by atoms with E-state index < -0.39 is 0 Å². The molecule has 1 atom stereocenters. The summed E-state index contributed by atoms with van der Waals surface area (Å²) in [7, 11) is 0. The predicted molar refractivity (Wildman–Crippen MR) is 82.6 cm³/mol. The minimum Gasteiger partial charge on any atom is -0.309 e. The highest BCUT2D eigenvalue weighted by Crippen LogP contribution is 2.16. The van der Waals surface area contributed by atoms with Crippen LogP contribution >= 0.6 is 0 Å². The third kappa shape index (κ3) is 3.80. The van der Waals surface area contributed by atoms with Gasteiger partial charge in [-0.2, -0.15) is 0 Å². The number of rotatable bonds is 4. The molecule has 1 unspecified atom stereocenters. The standard InChI is InChI=1S/C17H28N2/c1-5-19-8-6-7-17(12-19)18-11-16-10-14(3)13(2)9-15(16)4/h9-10,17-18H,5-8,11-12H2,1-4H3. The highest BCUT2D eigenvalue weighted by molar-refractivity contribution is 5.36. The average Bonchev–Trinajstić information content (AvgIpc) is 2.41. The van der Waals surface area contributed by atoms with Gasteiger partial charge in [0.25, 0.3) is 0 Å². The monoisotopic (exact) mass is 260 g/mol. The summed E-state index contributed by atoms with van der Waals surface area (Å²) in [6.07, 6.45) is 2.65. The molecule has 0 aromatic heterocycles. The summed E-state index contributed by atoms with van der Waals surface area (Å²) in [5.74, 6) is 0. The van der Waals surface area contributed by atoms with Crippen LogP contribution in [0.5, 0.6) is 0 Å². The fraction of sp³-hybridized carbons (Fsp3) is 0.647. The molecule has 2 heteroatoms. The quantitative estimate of drug-likeness (QED) is 0.894. The lowest BCUT2D eigenvalue weighted by Crippen LogP contribution is -2.45. The maximum absolute atomic E-state index is 3.75. The van der Waals surface area contributed by atoms with Gasteiger partial charge in [0.2, 0.25) is 0 Å². The summed E-state index contributed by atoms with van der Waals surface area (Å²) >= 11 is 0. The maximum atomic E-state index is 3.75. The first-order valence-electron chi connectivity index (χ1n) is 7.62. The van der Waals surface area contributed by atoms with Crippen molar-refractivity contribution in [3.63, 3.8) is 0 Å². The second kappa shape index (κ2) is 6.53. The molecule has 0 bridgehead atoms. The SMILES string of the molecule is CCN1CCCC(NCc2cc(C)c(C)cc2C)C1. The van der Waals surface area contributed by atoms with Gasteiger partial charge in [0, 0.05) is 19.1 Å². The van der Waals surface area contributed by atoms with Gasteiger partial charge in [-0.1, -0.05) is 19.1 Å². The summed E-state index contributed by atoms with van der Waals surface area (Å²) in [5, 5.41) is 3.75. The summed E-state index contributed by atoms with van der Waals surface area (Å²) in [6.45, 7) is 13.6. The summed E-state index contributed by atoms with van der Waals surface area (Å²) in [6, 6.07) is 5.32. The molecule has 1 N–H and O–H groups in total. The predicted octanol–water partition coefficient (Wildman–Crippen LogP) is 3.19. The van der Waals surface area contributed by atoms with E-state index in [9.17, 15) is 0 Å². The van der Waals surface area contributed by atoms with Crippen LogP contribution in [0.3, 0.4) is 0 Å². The minimum atomic E-state index is 0.662. The first kappa shape index (κ1) is 14.5.